The minimum atomic E-state index is -1.04. The van der Waals surface area contributed by atoms with E-state index in [1.165, 1.54) is 49.4 Å². The first kappa shape index (κ1) is 23.6. The first-order valence-corrected chi connectivity index (χ1v) is 10.9. The Morgan fingerprint density at radius 1 is 0.771 bits per heavy atom. The van der Waals surface area contributed by atoms with E-state index in [-0.39, 0.29) is 40.3 Å². The van der Waals surface area contributed by atoms with E-state index in [9.17, 15) is 24.0 Å². The van der Waals surface area contributed by atoms with Crippen LogP contribution in [0.1, 0.15) is 65.6 Å². The van der Waals surface area contributed by atoms with E-state index in [1.54, 1.807) is 37.3 Å². The number of benzene rings is 3. The number of anilines is 1. The zero-order valence-electron chi connectivity index (χ0n) is 19.0. The molecule has 1 aliphatic rings. The lowest BCUT2D eigenvalue weighted by atomic mass is 10.1. The van der Waals surface area contributed by atoms with Crippen molar-refractivity contribution >= 4 is 35.2 Å². The van der Waals surface area contributed by atoms with Crippen LogP contribution in [0.15, 0.2) is 72.8 Å². The molecule has 1 heterocycles. The van der Waals surface area contributed by atoms with Crippen LogP contribution in [0.5, 0.6) is 0 Å². The number of rotatable bonds is 7. The summed E-state index contributed by atoms with van der Waals surface area (Å²) in [5.41, 5.74) is 1.19. The fourth-order valence-electron chi connectivity index (χ4n) is 3.68. The molecule has 35 heavy (non-hydrogen) atoms. The third-order valence-electron chi connectivity index (χ3n) is 5.47. The SMILES string of the molecule is CCOC(=O)c1ccc(N2C(=O)c3ccc(C(=O)O[C@H](C)C(=O)c4ccccc4)cc3C2=O)cc1. The van der Waals surface area contributed by atoms with Crippen LogP contribution in [0, 0.1) is 0 Å². The Balaban J connectivity index is 1.52. The Morgan fingerprint density at radius 3 is 2.06 bits per heavy atom. The molecule has 2 amide bonds. The van der Waals surface area contributed by atoms with Crippen LogP contribution < -0.4 is 4.90 Å². The van der Waals surface area contributed by atoms with Crippen molar-refractivity contribution < 1.29 is 33.4 Å². The zero-order valence-corrected chi connectivity index (χ0v) is 19.0. The molecule has 8 nitrogen and oxygen atoms in total. The van der Waals surface area contributed by atoms with Crippen LogP contribution >= 0.6 is 0 Å². The summed E-state index contributed by atoms with van der Waals surface area (Å²) in [6.45, 7) is 3.39. The number of carbonyl (C=O) groups excluding carboxylic acids is 5. The predicted octanol–water partition coefficient (Wildman–Crippen LogP) is 4.09. The number of amides is 2. The van der Waals surface area contributed by atoms with Crippen molar-refractivity contribution in [1.29, 1.82) is 0 Å². The van der Waals surface area contributed by atoms with Gasteiger partial charge in [-0.05, 0) is 56.3 Å². The Bertz CT molecular complexity index is 1330. The van der Waals surface area contributed by atoms with Gasteiger partial charge in [0, 0.05) is 5.56 Å². The van der Waals surface area contributed by atoms with Crippen LogP contribution in [0.2, 0.25) is 0 Å². The van der Waals surface area contributed by atoms with Gasteiger partial charge in [-0.3, -0.25) is 14.4 Å². The first-order chi connectivity index (χ1) is 16.8. The summed E-state index contributed by atoms with van der Waals surface area (Å²) in [6, 6.07) is 18.3. The van der Waals surface area contributed by atoms with Crippen LogP contribution in [-0.2, 0) is 9.47 Å². The summed E-state index contributed by atoms with van der Waals surface area (Å²) in [4.78, 5) is 63.9. The highest BCUT2D eigenvalue weighted by Crippen LogP contribution is 2.29. The van der Waals surface area contributed by atoms with Crippen molar-refractivity contribution in [1.82, 2.24) is 0 Å². The fourth-order valence-corrected chi connectivity index (χ4v) is 3.68. The van der Waals surface area contributed by atoms with Crippen LogP contribution in [0.3, 0.4) is 0 Å². The van der Waals surface area contributed by atoms with E-state index in [0.29, 0.717) is 5.56 Å². The number of Topliss-reactive ketones (excluding diaryl/α,β-unsaturated/α-hetero) is 1. The molecule has 0 aliphatic carbocycles. The quantitative estimate of drug-likeness (QED) is 0.290. The molecule has 0 fully saturated rings. The van der Waals surface area contributed by atoms with E-state index in [1.807, 2.05) is 0 Å². The summed E-state index contributed by atoms with van der Waals surface area (Å²) >= 11 is 0. The standard InChI is InChI=1S/C27H21NO7/c1-3-34-26(32)18-9-12-20(13-10-18)28-24(30)21-14-11-19(15-22(21)25(28)31)27(33)35-16(2)23(29)17-7-5-4-6-8-17/h4-16H,3H2,1-2H3/t16-/m1/s1. The maximum absolute atomic E-state index is 13.0. The van der Waals surface area contributed by atoms with Crippen molar-refractivity contribution in [3.63, 3.8) is 0 Å². The van der Waals surface area contributed by atoms with Gasteiger partial charge in [-0.25, -0.2) is 14.5 Å². The number of ketones is 1. The largest absolute Gasteiger partial charge is 0.462 e. The van der Waals surface area contributed by atoms with Crippen molar-refractivity contribution in [3.8, 4) is 0 Å². The molecule has 0 N–H and O–H groups in total. The monoisotopic (exact) mass is 471 g/mol. The molecule has 3 aromatic rings. The topological polar surface area (TPSA) is 107 Å². The summed E-state index contributed by atoms with van der Waals surface area (Å²) < 4.78 is 10.2. The highest BCUT2D eigenvalue weighted by atomic mass is 16.5. The number of esters is 2. The molecule has 0 aromatic heterocycles. The number of imide groups is 1. The molecule has 8 heteroatoms. The van der Waals surface area contributed by atoms with Crippen LogP contribution in [0.25, 0.3) is 0 Å². The number of carbonyl (C=O) groups is 5. The number of ether oxygens (including phenoxy) is 2. The van der Waals surface area contributed by atoms with Gasteiger partial charge in [-0.15, -0.1) is 0 Å². The summed E-state index contributed by atoms with van der Waals surface area (Å²) in [7, 11) is 0. The molecule has 0 spiro atoms. The molecule has 0 unspecified atom stereocenters. The Hall–Kier alpha value is -4.59. The molecule has 4 rings (SSSR count). The molecule has 0 radical (unpaired) electrons. The number of hydrogen-bond acceptors (Lipinski definition) is 7. The van der Waals surface area contributed by atoms with Gasteiger partial charge in [0.15, 0.2) is 6.10 Å². The van der Waals surface area contributed by atoms with E-state index in [0.717, 1.165) is 4.90 Å². The normalized spacial score (nSPS) is 13.3. The minimum absolute atomic E-state index is 0.0390. The Morgan fingerprint density at radius 2 is 1.40 bits per heavy atom. The zero-order chi connectivity index (χ0) is 25.1. The van der Waals surface area contributed by atoms with Crippen molar-refractivity contribution in [2.45, 2.75) is 20.0 Å². The first-order valence-electron chi connectivity index (χ1n) is 10.9. The molecule has 0 bridgehead atoms. The molecule has 0 saturated heterocycles. The van der Waals surface area contributed by atoms with E-state index in [2.05, 4.69) is 0 Å². The van der Waals surface area contributed by atoms with Gasteiger partial charge in [-0.2, -0.15) is 0 Å². The van der Waals surface area contributed by atoms with Gasteiger partial charge >= 0.3 is 11.9 Å². The molecule has 3 aromatic carbocycles. The smallest absolute Gasteiger partial charge is 0.338 e. The van der Waals surface area contributed by atoms with E-state index in [4.69, 9.17) is 9.47 Å². The average molecular weight is 471 g/mol. The highest BCUT2D eigenvalue weighted by Gasteiger charge is 2.37. The molecule has 1 atom stereocenters. The van der Waals surface area contributed by atoms with E-state index >= 15 is 0 Å². The molecular formula is C27H21NO7. The fraction of sp³-hybridized carbons (Fsp3) is 0.148. The van der Waals surface area contributed by atoms with Crippen LogP contribution in [-0.4, -0.2) is 42.2 Å². The molecule has 1 aliphatic heterocycles. The maximum Gasteiger partial charge on any atom is 0.338 e. The lowest BCUT2D eigenvalue weighted by molar-refractivity contribution is 0.0318. The van der Waals surface area contributed by atoms with Crippen molar-refractivity contribution in [2.75, 3.05) is 11.5 Å². The second-order valence-corrected chi connectivity index (χ2v) is 7.75. The Labute approximate surface area is 201 Å². The number of nitrogens with zero attached hydrogens (tertiary/aromatic N) is 1. The predicted molar refractivity (Wildman–Crippen MR) is 126 cm³/mol. The summed E-state index contributed by atoms with van der Waals surface area (Å²) in [5.74, 6) is -2.83. The lowest BCUT2D eigenvalue weighted by Crippen LogP contribution is -2.29. The summed E-state index contributed by atoms with van der Waals surface area (Å²) in [5, 5.41) is 0. The van der Waals surface area contributed by atoms with Gasteiger partial charge < -0.3 is 9.47 Å². The number of hydrogen-bond donors (Lipinski definition) is 0. The van der Waals surface area contributed by atoms with Gasteiger partial charge in [0.25, 0.3) is 11.8 Å². The molecule has 0 saturated carbocycles. The Kier molecular flexibility index (Phi) is 6.55. The average Bonchev–Trinajstić information content (AvgIpc) is 3.13. The molecular weight excluding hydrogens is 450 g/mol. The molecule has 176 valence electrons. The van der Waals surface area contributed by atoms with Crippen LogP contribution in [0.4, 0.5) is 5.69 Å². The third kappa shape index (κ3) is 4.59. The van der Waals surface area contributed by atoms with Gasteiger partial charge in [0.2, 0.25) is 5.78 Å². The summed E-state index contributed by atoms with van der Waals surface area (Å²) in [6.07, 6.45) is -1.04. The third-order valence-corrected chi connectivity index (χ3v) is 5.47. The van der Waals surface area contributed by atoms with Gasteiger partial charge in [-0.1, -0.05) is 30.3 Å². The highest BCUT2D eigenvalue weighted by molar-refractivity contribution is 6.34. The van der Waals surface area contributed by atoms with Gasteiger partial charge in [0.05, 0.1) is 34.5 Å². The second-order valence-electron chi connectivity index (χ2n) is 7.75. The minimum Gasteiger partial charge on any atom is -0.462 e. The van der Waals surface area contributed by atoms with Crippen molar-refractivity contribution in [2.24, 2.45) is 0 Å². The number of fused-ring (bicyclic) bond motifs is 1. The van der Waals surface area contributed by atoms with Gasteiger partial charge in [0.1, 0.15) is 0 Å². The van der Waals surface area contributed by atoms with Crippen molar-refractivity contribution in [3.05, 3.63) is 101 Å². The lowest BCUT2D eigenvalue weighted by Gasteiger charge is -2.14. The van der Waals surface area contributed by atoms with E-state index < -0.39 is 29.9 Å². The maximum atomic E-state index is 13.0. The second kappa shape index (κ2) is 9.72.